The third kappa shape index (κ3) is 4.01. The van der Waals surface area contributed by atoms with E-state index in [9.17, 15) is 9.59 Å². The van der Waals surface area contributed by atoms with E-state index in [1.165, 1.54) is 6.07 Å². The maximum Gasteiger partial charge on any atom is 0.336 e. The molecule has 8 heteroatoms. The van der Waals surface area contributed by atoms with E-state index in [2.05, 4.69) is 15.5 Å². The summed E-state index contributed by atoms with van der Waals surface area (Å²) in [5.74, 6) is 0.132. The number of nitrogens with one attached hydrogen (secondary N) is 1. The van der Waals surface area contributed by atoms with Crippen molar-refractivity contribution in [3.63, 3.8) is 0 Å². The number of nitrogens with zero attached hydrogens (tertiary/aromatic N) is 3. The van der Waals surface area contributed by atoms with Gasteiger partial charge in [-0.25, -0.2) is 4.79 Å². The lowest BCUT2D eigenvalue weighted by Gasteiger charge is -2.16. The van der Waals surface area contributed by atoms with Crippen LogP contribution in [0.15, 0.2) is 70.4 Å². The lowest BCUT2D eigenvalue weighted by Crippen LogP contribution is -2.30. The zero-order valence-corrected chi connectivity index (χ0v) is 15.8. The fraction of sp³-hybridized carbons (Fsp3) is 0.143. The second-order valence-corrected chi connectivity index (χ2v) is 6.57. The first kappa shape index (κ1) is 18.4. The molecular weight excluding hydrogens is 372 g/mol. The molecule has 1 amide bonds. The number of hydrogen-bond acceptors (Lipinski definition) is 6. The molecule has 4 rings (SSSR count). The molecule has 0 saturated heterocycles. The van der Waals surface area contributed by atoms with Gasteiger partial charge in [0.15, 0.2) is 6.10 Å². The molecule has 0 saturated carbocycles. The normalized spacial score (nSPS) is 11.9. The quantitative estimate of drug-likeness (QED) is 0.526. The van der Waals surface area contributed by atoms with E-state index in [-0.39, 0.29) is 5.91 Å². The van der Waals surface area contributed by atoms with E-state index in [1.807, 2.05) is 25.1 Å². The number of anilines is 1. The highest BCUT2D eigenvalue weighted by molar-refractivity contribution is 5.95. The second kappa shape index (κ2) is 7.59. The van der Waals surface area contributed by atoms with E-state index in [4.69, 9.17) is 9.15 Å². The number of ether oxygens (including phenoxy) is 1. The van der Waals surface area contributed by atoms with E-state index in [0.29, 0.717) is 17.0 Å². The number of hydrogen-bond donors (Lipinski definition) is 1. The van der Waals surface area contributed by atoms with Crippen molar-refractivity contribution in [2.24, 2.45) is 0 Å². The van der Waals surface area contributed by atoms with Crippen LogP contribution < -0.4 is 15.7 Å². The Morgan fingerprint density at radius 2 is 1.86 bits per heavy atom. The molecule has 0 spiro atoms. The van der Waals surface area contributed by atoms with Gasteiger partial charge in [-0.1, -0.05) is 6.07 Å². The second-order valence-electron chi connectivity index (χ2n) is 6.57. The molecule has 29 heavy (non-hydrogen) atoms. The van der Waals surface area contributed by atoms with Gasteiger partial charge in [-0.05, 0) is 49.7 Å². The highest BCUT2D eigenvalue weighted by atomic mass is 16.5. The van der Waals surface area contributed by atoms with Crippen molar-refractivity contribution < 1.29 is 13.9 Å². The van der Waals surface area contributed by atoms with Crippen molar-refractivity contribution >= 4 is 22.6 Å². The number of fused-ring (bicyclic) bond motifs is 1. The summed E-state index contributed by atoms with van der Waals surface area (Å²) in [7, 11) is 0. The number of aryl methyl sites for hydroxylation is 1. The van der Waals surface area contributed by atoms with Gasteiger partial charge in [0.1, 0.15) is 24.0 Å². The zero-order valence-electron chi connectivity index (χ0n) is 15.8. The molecule has 2 heterocycles. The molecule has 0 fully saturated rings. The van der Waals surface area contributed by atoms with Gasteiger partial charge in [-0.15, -0.1) is 10.2 Å². The molecule has 4 aromatic rings. The van der Waals surface area contributed by atoms with Crippen molar-refractivity contribution in [1.82, 2.24) is 14.8 Å². The Morgan fingerprint density at radius 1 is 1.10 bits per heavy atom. The molecular formula is C21H18N4O4. The van der Waals surface area contributed by atoms with Gasteiger partial charge in [0.05, 0.1) is 5.69 Å². The van der Waals surface area contributed by atoms with Gasteiger partial charge in [0.25, 0.3) is 5.91 Å². The number of carbonyl (C=O) groups is 1. The SMILES string of the molecule is Cc1ccc(-n2cnnc2)cc1NC(=O)C(C)Oc1ccc2ccc(=O)oc2c1. The van der Waals surface area contributed by atoms with Crippen LogP contribution in [0.4, 0.5) is 5.69 Å². The maximum absolute atomic E-state index is 12.6. The Morgan fingerprint density at radius 3 is 2.66 bits per heavy atom. The summed E-state index contributed by atoms with van der Waals surface area (Å²) in [5, 5.41) is 11.2. The molecule has 0 aliphatic heterocycles. The monoisotopic (exact) mass is 390 g/mol. The van der Waals surface area contributed by atoms with Crippen LogP contribution in [0.1, 0.15) is 12.5 Å². The minimum absolute atomic E-state index is 0.302. The van der Waals surface area contributed by atoms with Gasteiger partial charge in [-0.2, -0.15) is 0 Å². The van der Waals surface area contributed by atoms with Crippen LogP contribution in [-0.4, -0.2) is 26.8 Å². The molecule has 2 aromatic carbocycles. The smallest absolute Gasteiger partial charge is 0.336 e. The molecule has 0 radical (unpaired) electrons. The minimum Gasteiger partial charge on any atom is -0.481 e. The Kier molecular flexibility index (Phi) is 4.82. The first-order chi connectivity index (χ1) is 14.0. The summed E-state index contributed by atoms with van der Waals surface area (Å²) in [6.45, 7) is 3.56. The van der Waals surface area contributed by atoms with E-state index in [0.717, 1.165) is 16.6 Å². The molecule has 146 valence electrons. The summed E-state index contributed by atoms with van der Waals surface area (Å²) in [4.78, 5) is 24.0. The Balaban J connectivity index is 1.50. The first-order valence-corrected chi connectivity index (χ1v) is 8.97. The third-order valence-corrected chi connectivity index (χ3v) is 4.47. The van der Waals surface area contributed by atoms with E-state index >= 15 is 0 Å². The van der Waals surface area contributed by atoms with Gasteiger partial charge in [0, 0.05) is 23.2 Å². The topological polar surface area (TPSA) is 99.3 Å². The highest BCUT2D eigenvalue weighted by Crippen LogP contribution is 2.22. The highest BCUT2D eigenvalue weighted by Gasteiger charge is 2.17. The molecule has 1 unspecified atom stereocenters. The molecule has 0 bridgehead atoms. The van der Waals surface area contributed by atoms with Crippen LogP contribution in [0, 0.1) is 6.92 Å². The Hall–Kier alpha value is -3.94. The number of aromatic nitrogens is 3. The summed E-state index contributed by atoms with van der Waals surface area (Å²) in [5.41, 5.74) is 2.37. The number of amides is 1. The lowest BCUT2D eigenvalue weighted by atomic mass is 10.1. The standard InChI is InChI=1S/C21H18N4O4/c1-13-3-6-16(25-11-22-23-12-25)9-18(13)24-21(27)14(2)28-17-7-4-15-5-8-20(26)29-19(15)10-17/h3-12,14H,1-2H3,(H,24,27). The van der Waals surface area contributed by atoms with Crippen LogP contribution in [0.25, 0.3) is 16.7 Å². The predicted molar refractivity (Wildman–Crippen MR) is 107 cm³/mol. The molecule has 1 N–H and O–H groups in total. The number of rotatable bonds is 5. The largest absolute Gasteiger partial charge is 0.481 e. The molecule has 0 aliphatic rings. The van der Waals surface area contributed by atoms with Crippen LogP contribution in [0.5, 0.6) is 5.75 Å². The van der Waals surface area contributed by atoms with Crippen molar-refractivity contribution in [1.29, 1.82) is 0 Å². The van der Waals surface area contributed by atoms with Gasteiger partial charge in [-0.3, -0.25) is 9.36 Å². The van der Waals surface area contributed by atoms with Crippen LogP contribution in [0.3, 0.4) is 0 Å². The Bertz CT molecular complexity index is 1230. The van der Waals surface area contributed by atoms with Gasteiger partial charge >= 0.3 is 5.63 Å². The molecule has 2 aromatic heterocycles. The van der Waals surface area contributed by atoms with Gasteiger partial charge < -0.3 is 14.5 Å². The van der Waals surface area contributed by atoms with Crippen LogP contribution in [-0.2, 0) is 4.79 Å². The fourth-order valence-electron chi connectivity index (χ4n) is 2.85. The number of benzene rings is 2. The average molecular weight is 390 g/mol. The molecule has 1 atom stereocenters. The first-order valence-electron chi connectivity index (χ1n) is 8.97. The number of carbonyl (C=O) groups excluding carboxylic acids is 1. The van der Waals surface area contributed by atoms with E-state index in [1.54, 1.807) is 48.4 Å². The predicted octanol–water partition coefficient (Wildman–Crippen LogP) is 3.09. The lowest BCUT2D eigenvalue weighted by molar-refractivity contribution is -0.122. The van der Waals surface area contributed by atoms with Gasteiger partial charge in [0.2, 0.25) is 0 Å². The fourth-order valence-corrected chi connectivity index (χ4v) is 2.85. The maximum atomic E-state index is 12.6. The van der Waals surface area contributed by atoms with Crippen molar-refractivity contribution in [2.75, 3.05) is 5.32 Å². The molecule has 0 aliphatic carbocycles. The van der Waals surface area contributed by atoms with Crippen LogP contribution in [0.2, 0.25) is 0 Å². The van der Waals surface area contributed by atoms with Crippen molar-refractivity contribution in [3.8, 4) is 11.4 Å². The summed E-state index contributed by atoms with van der Waals surface area (Å²) < 4.78 is 12.6. The summed E-state index contributed by atoms with van der Waals surface area (Å²) >= 11 is 0. The summed E-state index contributed by atoms with van der Waals surface area (Å²) in [6, 6.07) is 13.8. The third-order valence-electron chi connectivity index (χ3n) is 4.47. The van der Waals surface area contributed by atoms with Crippen molar-refractivity contribution in [2.45, 2.75) is 20.0 Å². The zero-order chi connectivity index (χ0) is 20.4. The van der Waals surface area contributed by atoms with E-state index < -0.39 is 11.7 Å². The minimum atomic E-state index is -0.763. The van der Waals surface area contributed by atoms with Crippen molar-refractivity contribution in [3.05, 3.63) is 77.2 Å². The Labute approximate surface area is 165 Å². The summed E-state index contributed by atoms with van der Waals surface area (Å²) in [6.07, 6.45) is 2.40. The van der Waals surface area contributed by atoms with Crippen LogP contribution >= 0.6 is 0 Å². The average Bonchev–Trinajstić information content (AvgIpc) is 3.24. The molecule has 8 nitrogen and oxygen atoms in total.